The van der Waals surface area contributed by atoms with Crippen molar-refractivity contribution >= 4 is 5.91 Å². The summed E-state index contributed by atoms with van der Waals surface area (Å²) in [4.78, 5) is 10.9. The van der Waals surface area contributed by atoms with Crippen LogP contribution < -0.4 is 5.32 Å². The molecule has 14 heavy (non-hydrogen) atoms. The largest absolute Gasteiger partial charge is 0.384 e. The van der Waals surface area contributed by atoms with Crippen molar-refractivity contribution in [1.29, 1.82) is 0 Å². The summed E-state index contributed by atoms with van der Waals surface area (Å²) in [6, 6.07) is 5.94. The van der Waals surface area contributed by atoms with E-state index in [0.29, 0.717) is 5.56 Å². The molecule has 0 saturated heterocycles. The summed E-state index contributed by atoms with van der Waals surface area (Å²) in [7, 11) is 0. The lowest BCUT2D eigenvalue weighted by molar-refractivity contribution is -0.128. The molecule has 0 aliphatic heterocycles. The van der Waals surface area contributed by atoms with Crippen LogP contribution >= 0.6 is 0 Å². The summed E-state index contributed by atoms with van der Waals surface area (Å²) >= 11 is 0. The van der Waals surface area contributed by atoms with Gasteiger partial charge in [0.05, 0.1) is 0 Å². The second kappa shape index (κ2) is 4.72. The number of halogens is 1. The standard InChI is InChI=1S/C10H12FNO2/c1-7(13)10(14)12-6-8-3-2-4-9(11)5-8/h2-5,7,13H,6H2,1H3,(H,12,14). The zero-order valence-electron chi connectivity index (χ0n) is 7.83. The quantitative estimate of drug-likeness (QED) is 0.753. The molecule has 0 bridgehead atoms. The van der Waals surface area contributed by atoms with Crippen molar-refractivity contribution in [3.63, 3.8) is 0 Å². The molecule has 1 amide bonds. The van der Waals surface area contributed by atoms with E-state index in [-0.39, 0.29) is 12.4 Å². The molecular weight excluding hydrogens is 185 g/mol. The number of carbonyl (C=O) groups excluding carboxylic acids is 1. The van der Waals surface area contributed by atoms with Gasteiger partial charge in [-0.25, -0.2) is 4.39 Å². The van der Waals surface area contributed by atoms with Crippen LogP contribution in [0, 0.1) is 5.82 Å². The van der Waals surface area contributed by atoms with Gasteiger partial charge < -0.3 is 10.4 Å². The molecule has 1 aromatic rings. The predicted molar refractivity (Wildman–Crippen MR) is 49.9 cm³/mol. The topological polar surface area (TPSA) is 49.3 Å². The molecule has 1 unspecified atom stereocenters. The van der Waals surface area contributed by atoms with E-state index in [0.717, 1.165) is 0 Å². The number of amides is 1. The van der Waals surface area contributed by atoms with Gasteiger partial charge in [0, 0.05) is 6.54 Å². The average Bonchev–Trinajstić information content (AvgIpc) is 2.14. The van der Waals surface area contributed by atoms with Gasteiger partial charge in [-0.15, -0.1) is 0 Å². The van der Waals surface area contributed by atoms with Gasteiger partial charge in [-0.3, -0.25) is 4.79 Å². The van der Waals surface area contributed by atoms with Crippen LogP contribution in [0.1, 0.15) is 12.5 Å². The Bertz CT molecular complexity index is 326. The van der Waals surface area contributed by atoms with Crippen LogP contribution in [0.3, 0.4) is 0 Å². The molecule has 0 spiro atoms. The molecule has 2 N–H and O–H groups in total. The number of hydrogen-bond donors (Lipinski definition) is 2. The Morgan fingerprint density at radius 1 is 1.64 bits per heavy atom. The first-order chi connectivity index (χ1) is 6.59. The Hall–Kier alpha value is -1.42. The minimum absolute atomic E-state index is 0.224. The Kier molecular flexibility index (Phi) is 3.59. The van der Waals surface area contributed by atoms with Crippen LogP contribution in [-0.2, 0) is 11.3 Å². The molecule has 0 radical (unpaired) electrons. The van der Waals surface area contributed by atoms with Gasteiger partial charge in [-0.05, 0) is 24.6 Å². The fourth-order valence-corrected chi connectivity index (χ4v) is 0.984. The molecule has 3 nitrogen and oxygen atoms in total. The van der Waals surface area contributed by atoms with Gasteiger partial charge in [0.25, 0.3) is 0 Å². The molecule has 0 saturated carbocycles. The van der Waals surface area contributed by atoms with Crippen molar-refractivity contribution in [3.05, 3.63) is 35.6 Å². The molecule has 0 aliphatic carbocycles. The third-order valence-corrected chi connectivity index (χ3v) is 1.74. The highest BCUT2D eigenvalue weighted by molar-refractivity contribution is 5.79. The number of hydrogen-bond acceptors (Lipinski definition) is 2. The number of aliphatic hydroxyl groups excluding tert-OH is 1. The first kappa shape index (κ1) is 10.7. The summed E-state index contributed by atoms with van der Waals surface area (Å²) in [6.07, 6.45) is -1.04. The van der Waals surface area contributed by atoms with Gasteiger partial charge in [0.2, 0.25) is 5.91 Å². The molecule has 0 fully saturated rings. The summed E-state index contributed by atoms with van der Waals surface area (Å²) in [5.41, 5.74) is 0.666. The Labute approximate surface area is 81.6 Å². The molecular formula is C10H12FNO2. The number of aliphatic hydroxyl groups is 1. The van der Waals surface area contributed by atoms with Crippen molar-refractivity contribution in [3.8, 4) is 0 Å². The third-order valence-electron chi connectivity index (χ3n) is 1.74. The van der Waals surface area contributed by atoms with Gasteiger partial charge in [0.1, 0.15) is 11.9 Å². The van der Waals surface area contributed by atoms with E-state index in [1.807, 2.05) is 0 Å². The first-order valence-corrected chi connectivity index (χ1v) is 4.30. The molecule has 0 aliphatic rings. The minimum atomic E-state index is -1.04. The number of carbonyl (C=O) groups is 1. The van der Waals surface area contributed by atoms with E-state index in [4.69, 9.17) is 5.11 Å². The molecule has 0 aromatic heterocycles. The van der Waals surface area contributed by atoms with Crippen LogP contribution in [0.4, 0.5) is 4.39 Å². The van der Waals surface area contributed by atoms with Gasteiger partial charge in [-0.2, -0.15) is 0 Å². The Morgan fingerprint density at radius 3 is 2.93 bits per heavy atom. The summed E-state index contributed by atoms with van der Waals surface area (Å²) < 4.78 is 12.7. The van der Waals surface area contributed by atoms with Crippen LogP contribution in [0.15, 0.2) is 24.3 Å². The zero-order chi connectivity index (χ0) is 10.6. The van der Waals surface area contributed by atoms with Crippen molar-refractivity contribution < 1.29 is 14.3 Å². The minimum Gasteiger partial charge on any atom is -0.384 e. The van der Waals surface area contributed by atoms with E-state index in [9.17, 15) is 9.18 Å². The van der Waals surface area contributed by atoms with Crippen LogP contribution in [-0.4, -0.2) is 17.1 Å². The maximum absolute atomic E-state index is 12.7. The number of nitrogens with one attached hydrogen (secondary N) is 1. The fraction of sp³-hybridized carbons (Fsp3) is 0.300. The maximum atomic E-state index is 12.7. The van der Waals surface area contributed by atoms with Gasteiger partial charge in [0.15, 0.2) is 0 Å². The van der Waals surface area contributed by atoms with E-state index < -0.39 is 12.0 Å². The monoisotopic (exact) mass is 197 g/mol. The van der Waals surface area contributed by atoms with Crippen molar-refractivity contribution in [2.24, 2.45) is 0 Å². The molecule has 1 atom stereocenters. The molecule has 0 heterocycles. The summed E-state index contributed by atoms with van der Waals surface area (Å²) in [6.45, 7) is 1.60. The van der Waals surface area contributed by atoms with E-state index in [2.05, 4.69) is 5.32 Å². The van der Waals surface area contributed by atoms with Crippen LogP contribution in [0.2, 0.25) is 0 Å². The van der Waals surface area contributed by atoms with Crippen molar-refractivity contribution in [2.45, 2.75) is 19.6 Å². The normalized spacial score (nSPS) is 12.2. The summed E-state index contributed by atoms with van der Waals surface area (Å²) in [5.74, 6) is -0.803. The lowest BCUT2D eigenvalue weighted by Crippen LogP contribution is -2.31. The van der Waals surface area contributed by atoms with Crippen LogP contribution in [0.25, 0.3) is 0 Å². The predicted octanol–water partition coefficient (Wildman–Crippen LogP) is 0.823. The Morgan fingerprint density at radius 2 is 2.36 bits per heavy atom. The van der Waals surface area contributed by atoms with Gasteiger partial charge in [-0.1, -0.05) is 12.1 Å². The van der Waals surface area contributed by atoms with E-state index in [1.54, 1.807) is 12.1 Å². The van der Waals surface area contributed by atoms with Crippen molar-refractivity contribution in [2.75, 3.05) is 0 Å². The van der Waals surface area contributed by atoms with Crippen molar-refractivity contribution in [1.82, 2.24) is 5.32 Å². The zero-order valence-corrected chi connectivity index (χ0v) is 7.83. The molecule has 4 heteroatoms. The van der Waals surface area contributed by atoms with E-state index >= 15 is 0 Å². The second-order valence-corrected chi connectivity index (χ2v) is 3.02. The molecule has 76 valence electrons. The third kappa shape index (κ3) is 3.14. The summed E-state index contributed by atoms with van der Waals surface area (Å²) in [5, 5.41) is 11.3. The van der Waals surface area contributed by atoms with Gasteiger partial charge >= 0.3 is 0 Å². The Balaban J connectivity index is 2.50. The second-order valence-electron chi connectivity index (χ2n) is 3.02. The SMILES string of the molecule is CC(O)C(=O)NCc1cccc(F)c1. The highest BCUT2D eigenvalue weighted by Gasteiger charge is 2.07. The molecule has 1 aromatic carbocycles. The number of benzene rings is 1. The average molecular weight is 197 g/mol. The molecule has 1 rings (SSSR count). The maximum Gasteiger partial charge on any atom is 0.248 e. The number of rotatable bonds is 3. The fourth-order valence-electron chi connectivity index (χ4n) is 0.984. The smallest absolute Gasteiger partial charge is 0.248 e. The lowest BCUT2D eigenvalue weighted by atomic mass is 10.2. The highest BCUT2D eigenvalue weighted by atomic mass is 19.1. The highest BCUT2D eigenvalue weighted by Crippen LogP contribution is 2.02. The van der Waals surface area contributed by atoms with Crippen LogP contribution in [0.5, 0.6) is 0 Å². The first-order valence-electron chi connectivity index (χ1n) is 4.30. The lowest BCUT2D eigenvalue weighted by Gasteiger charge is -2.06. The van der Waals surface area contributed by atoms with E-state index in [1.165, 1.54) is 19.1 Å².